The molecule has 1 aliphatic rings. The van der Waals surface area contributed by atoms with E-state index in [1.165, 1.54) is 16.8 Å². The van der Waals surface area contributed by atoms with Crippen molar-refractivity contribution in [1.29, 1.82) is 0 Å². The molecule has 5 heteroatoms. The van der Waals surface area contributed by atoms with Gasteiger partial charge in [-0.3, -0.25) is 4.79 Å². The maximum absolute atomic E-state index is 13.7. The molecule has 0 aliphatic carbocycles. The highest BCUT2D eigenvalue weighted by molar-refractivity contribution is 5.96. The van der Waals surface area contributed by atoms with Crippen LogP contribution in [0, 0.1) is 12.7 Å². The van der Waals surface area contributed by atoms with Crippen molar-refractivity contribution in [3.63, 3.8) is 0 Å². The van der Waals surface area contributed by atoms with Crippen LogP contribution in [-0.2, 0) is 4.79 Å². The highest BCUT2D eigenvalue weighted by atomic mass is 19.1. The van der Waals surface area contributed by atoms with Crippen LogP contribution in [0.25, 0.3) is 10.8 Å². The van der Waals surface area contributed by atoms with E-state index in [0.29, 0.717) is 17.7 Å². The monoisotopic (exact) mass is 349 g/mol. The highest BCUT2D eigenvalue weighted by Crippen LogP contribution is 2.29. The Labute approximate surface area is 151 Å². The van der Waals surface area contributed by atoms with Crippen molar-refractivity contribution < 1.29 is 9.18 Å². The molecule has 26 heavy (non-hydrogen) atoms. The number of anilines is 1. The van der Waals surface area contributed by atoms with Gasteiger partial charge in [0.15, 0.2) is 0 Å². The summed E-state index contributed by atoms with van der Waals surface area (Å²) >= 11 is 0. The van der Waals surface area contributed by atoms with E-state index in [-0.39, 0.29) is 23.8 Å². The number of rotatable bonds is 3. The Kier molecular flexibility index (Phi) is 4.41. The van der Waals surface area contributed by atoms with Crippen LogP contribution in [0.4, 0.5) is 10.1 Å². The summed E-state index contributed by atoms with van der Waals surface area (Å²) in [5.74, 6) is -0.497. The van der Waals surface area contributed by atoms with E-state index in [1.807, 2.05) is 18.2 Å². The minimum atomic E-state index is -0.387. The van der Waals surface area contributed by atoms with Gasteiger partial charge in [-0.2, -0.15) is 0 Å². The zero-order valence-corrected chi connectivity index (χ0v) is 14.4. The van der Waals surface area contributed by atoms with Gasteiger partial charge in [0, 0.05) is 17.3 Å². The maximum atomic E-state index is 13.7. The van der Waals surface area contributed by atoms with Gasteiger partial charge in [-0.25, -0.2) is 15.2 Å². The average Bonchev–Trinajstić information content (AvgIpc) is 3.15. The van der Waals surface area contributed by atoms with Crippen molar-refractivity contribution in [2.45, 2.75) is 25.4 Å². The second-order valence-electron chi connectivity index (χ2n) is 6.60. The Morgan fingerprint density at radius 3 is 2.69 bits per heavy atom. The third-order valence-corrected chi connectivity index (χ3v) is 4.94. The predicted molar refractivity (Wildman–Crippen MR) is 101 cm³/mol. The summed E-state index contributed by atoms with van der Waals surface area (Å²) in [5, 5.41) is 5.17. The normalized spacial score (nSPS) is 19.6. The first-order valence-corrected chi connectivity index (χ1v) is 8.68. The van der Waals surface area contributed by atoms with Crippen LogP contribution >= 0.6 is 0 Å². The molecule has 1 heterocycles. The molecule has 0 spiro atoms. The molecule has 1 amide bonds. The van der Waals surface area contributed by atoms with Gasteiger partial charge in [-0.1, -0.05) is 48.5 Å². The summed E-state index contributed by atoms with van der Waals surface area (Å²) in [4.78, 5) is 12.6. The van der Waals surface area contributed by atoms with Crippen molar-refractivity contribution >= 4 is 22.4 Å². The van der Waals surface area contributed by atoms with Crippen LogP contribution in [0.1, 0.15) is 23.6 Å². The minimum Gasteiger partial charge on any atom is -0.324 e. The Morgan fingerprint density at radius 1 is 1.04 bits per heavy atom. The van der Waals surface area contributed by atoms with Crippen molar-refractivity contribution in [2.24, 2.45) is 0 Å². The van der Waals surface area contributed by atoms with Crippen LogP contribution in [0.2, 0.25) is 0 Å². The van der Waals surface area contributed by atoms with Crippen molar-refractivity contribution in [2.75, 3.05) is 5.32 Å². The van der Waals surface area contributed by atoms with Gasteiger partial charge < -0.3 is 5.32 Å². The van der Waals surface area contributed by atoms with Crippen molar-refractivity contribution in [3.8, 4) is 0 Å². The predicted octanol–water partition coefficient (Wildman–Crippen LogP) is 3.83. The zero-order chi connectivity index (χ0) is 18.1. The van der Waals surface area contributed by atoms with Crippen LogP contribution in [0.5, 0.6) is 0 Å². The van der Waals surface area contributed by atoms with Gasteiger partial charge in [0.1, 0.15) is 11.9 Å². The molecule has 1 aliphatic heterocycles. The van der Waals surface area contributed by atoms with Crippen molar-refractivity contribution in [3.05, 3.63) is 77.6 Å². The number of halogens is 1. The zero-order valence-electron chi connectivity index (χ0n) is 14.4. The fraction of sp³-hybridized carbons (Fsp3) is 0.190. The topological polar surface area (TPSA) is 53.2 Å². The van der Waals surface area contributed by atoms with E-state index >= 15 is 0 Å². The smallest absolute Gasteiger partial charge is 0.242 e. The highest BCUT2D eigenvalue weighted by Gasteiger charge is 2.31. The fourth-order valence-electron chi connectivity index (χ4n) is 3.45. The van der Waals surface area contributed by atoms with Crippen LogP contribution in [0.15, 0.2) is 60.7 Å². The molecule has 0 aromatic heterocycles. The van der Waals surface area contributed by atoms with Crippen LogP contribution in [0.3, 0.4) is 0 Å². The lowest BCUT2D eigenvalue weighted by molar-refractivity contribution is -0.117. The van der Waals surface area contributed by atoms with E-state index in [9.17, 15) is 9.18 Å². The molecule has 2 atom stereocenters. The number of fused-ring (bicyclic) bond motifs is 1. The molecule has 4 nitrogen and oxygen atoms in total. The third-order valence-electron chi connectivity index (χ3n) is 4.94. The molecule has 3 aromatic carbocycles. The average molecular weight is 349 g/mol. The number of hydrazine groups is 1. The molecule has 4 rings (SSSR count). The molecule has 3 N–H and O–H groups in total. The summed E-state index contributed by atoms with van der Waals surface area (Å²) in [6.45, 7) is 1.66. The molecule has 0 saturated carbocycles. The lowest BCUT2D eigenvalue weighted by atomic mass is 9.96. The Morgan fingerprint density at radius 2 is 1.81 bits per heavy atom. The number of amides is 1. The summed E-state index contributed by atoms with van der Waals surface area (Å²) in [6, 6.07) is 18.7. The fourth-order valence-corrected chi connectivity index (χ4v) is 3.45. The molecule has 0 bridgehead atoms. The van der Waals surface area contributed by atoms with Crippen LogP contribution in [-0.4, -0.2) is 11.9 Å². The largest absolute Gasteiger partial charge is 0.324 e. The summed E-state index contributed by atoms with van der Waals surface area (Å²) in [5.41, 5.74) is 8.40. The second-order valence-corrected chi connectivity index (χ2v) is 6.60. The molecule has 2 unspecified atom stereocenters. The van der Waals surface area contributed by atoms with Crippen LogP contribution < -0.4 is 16.2 Å². The van der Waals surface area contributed by atoms with E-state index in [2.05, 4.69) is 40.4 Å². The molecule has 3 aromatic rings. The summed E-state index contributed by atoms with van der Waals surface area (Å²) < 4.78 is 13.7. The molecule has 0 radical (unpaired) electrons. The van der Waals surface area contributed by atoms with Gasteiger partial charge in [-0.15, -0.1) is 0 Å². The molecular weight excluding hydrogens is 329 g/mol. The number of carbonyl (C=O) groups is 1. The van der Waals surface area contributed by atoms with Gasteiger partial charge >= 0.3 is 0 Å². The summed E-state index contributed by atoms with van der Waals surface area (Å²) in [6.07, 6.45) is 0.619. The standard InChI is InChI=1S/C21H20FN3O/c1-13-17(22)10-5-11-18(13)23-21(26)20-12-19(24-25-20)16-9-4-7-14-6-2-3-8-15(14)16/h2-11,19-20,24-25H,12H2,1H3,(H,23,26). The molecule has 132 valence electrons. The van der Waals surface area contributed by atoms with E-state index in [0.717, 1.165) is 5.56 Å². The number of hydrogen-bond donors (Lipinski definition) is 3. The van der Waals surface area contributed by atoms with Gasteiger partial charge in [0.25, 0.3) is 0 Å². The number of benzene rings is 3. The number of carbonyl (C=O) groups excluding carboxylic acids is 1. The Balaban J connectivity index is 1.51. The van der Waals surface area contributed by atoms with E-state index in [1.54, 1.807) is 19.1 Å². The first kappa shape index (κ1) is 16.7. The second kappa shape index (κ2) is 6.86. The van der Waals surface area contributed by atoms with E-state index in [4.69, 9.17) is 0 Å². The number of nitrogens with one attached hydrogen (secondary N) is 3. The molecule has 1 fully saturated rings. The molecule has 1 saturated heterocycles. The number of hydrogen-bond acceptors (Lipinski definition) is 3. The van der Waals surface area contributed by atoms with E-state index < -0.39 is 0 Å². The Hall–Kier alpha value is -2.76. The lowest BCUT2D eigenvalue weighted by Gasteiger charge is -2.14. The van der Waals surface area contributed by atoms with Gasteiger partial charge in [0.2, 0.25) is 5.91 Å². The summed E-state index contributed by atoms with van der Waals surface area (Å²) in [7, 11) is 0. The first-order valence-electron chi connectivity index (χ1n) is 8.68. The Bertz CT molecular complexity index is 967. The maximum Gasteiger partial charge on any atom is 0.242 e. The quantitative estimate of drug-likeness (QED) is 0.673. The first-order chi connectivity index (χ1) is 12.6. The molecular formula is C21H20FN3O. The van der Waals surface area contributed by atoms with Crippen molar-refractivity contribution in [1.82, 2.24) is 10.9 Å². The van der Waals surface area contributed by atoms with Gasteiger partial charge in [0.05, 0.1) is 0 Å². The third kappa shape index (κ3) is 3.07. The minimum absolute atomic E-state index is 0.0328. The SMILES string of the molecule is Cc1c(F)cccc1NC(=O)C1CC(c2cccc3ccccc23)NN1. The lowest BCUT2D eigenvalue weighted by Crippen LogP contribution is -2.39. The van der Waals surface area contributed by atoms with Gasteiger partial charge in [-0.05, 0) is 41.8 Å².